The van der Waals surface area contributed by atoms with E-state index in [0.29, 0.717) is 23.7 Å². The molecule has 0 radical (unpaired) electrons. The monoisotopic (exact) mass is 364 g/mol. The third-order valence-corrected chi connectivity index (χ3v) is 3.47. The first-order chi connectivity index (χ1) is 8.81. The molecule has 1 aromatic rings. The van der Waals surface area contributed by atoms with Gasteiger partial charge in [-0.2, -0.15) is 22.0 Å². The molecule has 108 valence electrons. The molecule has 0 aliphatic rings. The molecule has 8 heteroatoms. The fourth-order valence-electron chi connectivity index (χ4n) is 1.41. The van der Waals surface area contributed by atoms with Gasteiger partial charge in [-0.25, -0.2) is 0 Å². The Kier molecular flexibility index (Phi) is 6.38. The highest BCUT2D eigenvalue weighted by atomic mass is 79.9. The minimum absolute atomic E-state index is 0.00932. The number of rotatable bonds is 6. The number of hydrogen-bond donors (Lipinski definition) is 0. The highest BCUT2D eigenvalue weighted by Crippen LogP contribution is 2.40. The standard InChI is InChI=1S/C11H10BrF5OS/c12-5-1-2-7-6-8(18-10(13)14)3-4-9(7)19-11(15,16)17/h3-4,6,10H,1-2,5H2. The van der Waals surface area contributed by atoms with E-state index in [1.54, 1.807) is 0 Å². The van der Waals surface area contributed by atoms with Crippen molar-refractivity contribution in [3.05, 3.63) is 23.8 Å². The Bertz CT molecular complexity index is 411. The molecule has 1 rings (SSSR count). The van der Waals surface area contributed by atoms with Gasteiger partial charge >= 0.3 is 12.1 Å². The van der Waals surface area contributed by atoms with E-state index in [-0.39, 0.29) is 22.4 Å². The molecule has 0 bridgehead atoms. The highest BCUT2D eigenvalue weighted by Gasteiger charge is 2.30. The summed E-state index contributed by atoms with van der Waals surface area (Å²) in [6, 6.07) is 3.49. The van der Waals surface area contributed by atoms with Crippen LogP contribution in [-0.2, 0) is 6.42 Å². The lowest BCUT2D eigenvalue weighted by atomic mass is 10.1. The van der Waals surface area contributed by atoms with E-state index in [9.17, 15) is 22.0 Å². The first kappa shape index (κ1) is 16.6. The molecule has 0 aliphatic heterocycles. The highest BCUT2D eigenvalue weighted by molar-refractivity contribution is 9.09. The van der Waals surface area contributed by atoms with Crippen LogP contribution >= 0.6 is 27.7 Å². The van der Waals surface area contributed by atoms with Crippen LogP contribution in [-0.4, -0.2) is 17.4 Å². The largest absolute Gasteiger partial charge is 0.446 e. The topological polar surface area (TPSA) is 9.23 Å². The fraction of sp³-hybridized carbons (Fsp3) is 0.455. The van der Waals surface area contributed by atoms with E-state index in [4.69, 9.17) is 0 Å². The first-order valence-electron chi connectivity index (χ1n) is 5.21. The molecule has 0 aliphatic carbocycles. The van der Waals surface area contributed by atoms with Crippen molar-refractivity contribution in [2.75, 3.05) is 5.33 Å². The molecule has 0 saturated heterocycles. The van der Waals surface area contributed by atoms with E-state index >= 15 is 0 Å². The summed E-state index contributed by atoms with van der Waals surface area (Å²) in [7, 11) is 0. The number of ether oxygens (including phenoxy) is 1. The third-order valence-electron chi connectivity index (χ3n) is 2.06. The van der Waals surface area contributed by atoms with Gasteiger partial charge in [-0.15, -0.1) is 0 Å². The Morgan fingerprint density at radius 1 is 1.26 bits per heavy atom. The maximum atomic E-state index is 12.4. The number of benzene rings is 1. The van der Waals surface area contributed by atoms with Gasteiger partial charge in [0.2, 0.25) is 0 Å². The van der Waals surface area contributed by atoms with Crippen molar-refractivity contribution in [3.8, 4) is 5.75 Å². The van der Waals surface area contributed by atoms with Gasteiger partial charge in [-0.05, 0) is 48.4 Å². The van der Waals surface area contributed by atoms with Gasteiger partial charge in [0.25, 0.3) is 0 Å². The molecule has 0 unspecified atom stereocenters. The number of hydrogen-bond acceptors (Lipinski definition) is 2. The van der Waals surface area contributed by atoms with E-state index in [0.717, 1.165) is 12.1 Å². The van der Waals surface area contributed by atoms with Crippen LogP contribution in [0.2, 0.25) is 0 Å². The summed E-state index contributed by atoms with van der Waals surface area (Å²) < 4.78 is 65.4. The summed E-state index contributed by atoms with van der Waals surface area (Å²) in [6.07, 6.45) is 0.952. The lowest BCUT2D eigenvalue weighted by Crippen LogP contribution is -2.04. The van der Waals surface area contributed by atoms with Crippen LogP contribution < -0.4 is 4.74 Å². The second kappa shape index (κ2) is 7.33. The van der Waals surface area contributed by atoms with Gasteiger partial charge in [0.05, 0.1) is 0 Å². The van der Waals surface area contributed by atoms with Gasteiger partial charge in [-0.1, -0.05) is 15.9 Å². The smallest absolute Gasteiger partial charge is 0.435 e. The fourth-order valence-corrected chi connectivity index (χ4v) is 2.37. The van der Waals surface area contributed by atoms with Crippen LogP contribution in [0.1, 0.15) is 12.0 Å². The zero-order valence-electron chi connectivity index (χ0n) is 9.52. The summed E-state index contributed by atoms with van der Waals surface area (Å²) in [6.45, 7) is -3.00. The van der Waals surface area contributed by atoms with Crippen molar-refractivity contribution < 1.29 is 26.7 Å². The predicted octanol–water partition coefficient (Wildman–Crippen LogP) is 5.23. The van der Waals surface area contributed by atoms with Crippen LogP contribution in [0.5, 0.6) is 5.75 Å². The van der Waals surface area contributed by atoms with Crippen LogP contribution in [0.3, 0.4) is 0 Å². The number of halogens is 6. The summed E-state index contributed by atoms with van der Waals surface area (Å²) in [5, 5.41) is 0.614. The molecule has 0 atom stereocenters. The molecule has 19 heavy (non-hydrogen) atoms. The van der Waals surface area contributed by atoms with Crippen LogP contribution in [0, 0.1) is 0 Å². The second-order valence-corrected chi connectivity index (χ2v) is 5.39. The van der Waals surface area contributed by atoms with E-state index < -0.39 is 12.1 Å². The predicted molar refractivity (Wildman–Crippen MR) is 67.1 cm³/mol. The zero-order valence-corrected chi connectivity index (χ0v) is 11.9. The van der Waals surface area contributed by atoms with E-state index in [1.807, 2.05) is 0 Å². The molecule has 0 fully saturated rings. The quantitative estimate of drug-likeness (QED) is 0.388. The first-order valence-corrected chi connectivity index (χ1v) is 7.15. The normalized spacial score (nSPS) is 11.9. The molecule has 0 heterocycles. The minimum Gasteiger partial charge on any atom is -0.435 e. The van der Waals surface area contributed by atoms with Crippen molar-refractivity contribution in [1.29, 1.82) is 0 Å². The Labute approximate surface area is 119 Å². The van der Waals surface area contributed by atoms with Crippen molar-refractivity contribution in [1.82, 2.24) is 0 Å². The van der Waals surface area contributed by atoms with Gasteiger partial charge in [0, 0.05) is 10.2 Å². The summed E-state index contributed by atoms with van der Waals surface area (Å²) in [4.78, 5) is 0.00932. The summed E-state index contributed by atoms with van der Waals surface area (Å²) in [5.74, 6) is -0.133. The number of alkyl halides is 6. The van der Waals surface area contributed by atoms with Gasteiger partial charge < -0.3 is 4.74 Å². The second-order valence-electron chi connectivity index (χ2n) is 3.49. The lowest BCUT2D eigenvalue weighted by molar-refractivity contribution is -0.0500. The Hall–Kier alpha value is -0.500. The van der Waals surface area contributed by atoms with Gasteiger partial charge in [-0.3, -0.25) is 0 Å². The van der Waals surface area contributed by atoms with Crippen molar-refractivity contribution in [3.63, 3.8) is 0 Å². The minimum atomic E-state index is -4.41. The SMILES string of the molecule is FC(F)Oc1ccc(SC(F)(F)F)c(CCCBr)c1. The van der Waals surface area contributed by atoms with E-state index in [2.05, 4.69) is 20.7 Å². The van der Waals surface area contributed by atoms with Crippen molar-refractivity contribution in [2.45, 2.75) is 29.9 Å². The average molecular weight is 365 g/mol. The Morgan fingerprint density at radius 2 is 1.95 bits per heavy atom. The maximum absolute atomic E-state index is 12.4. The maximum Gasteiger partial charge on any atom is 0.446 e. The molecule has 0 amide bonds. The van der Waals surface area contributed by atoms with Crippen molar-refractivity contribution >= 4 is 27.7 Å². The van der Waals surface area contributed by atoms with Crippen LogP contribution in [0.4, 0.5) is 22.0 Å². The number of thioether (sulfide) groups is 1. The van der Waals surface area contributed by atoms with Crippen LogP contribution in [0.25, 0.3) is 0 Å². The average Bonchev–Trinajstić information content (AvgIpc) is 2.26. The lowest BCUT2D eigenvalue weighted by Gasteiger charge is -2.13. The van der Waals surface area contributed by atoms with Gasteiger partial charge in [0.1, 0.15) is 5.75 Å². The summed E-state index contributed by atoms with van der Waals surface area (Å²) in [5.41, 5.74) is -4.06. The Balaban J connectivity index is 2.95. The van der Waals surface area contributed by atoms with Gasteiger partial charge in [0.15, 0.2) is 0 Å². The Morgan fingerprint density at radius 3 is 2.47 bits per heavy atom. The molecular weight excluding hydrogens is 355 g/mol. The zero-order chi connectivity index (χ0) is 14.5. The molecule has 1 aromatic carbocycles. The summed E-state index contributed by atoms with van der Waals surface area (Å²) >= 11 is 2.92. The van der Waals surface area contributed by atoms with Crippen LogP contribution in [0.15, 0.2) is 23.1 Å². The molecular formula is C11H10BrF5OS. The van der Waals surface area contributed by atoms with E-state index in [1.165, 1.54) is 6.07 Å². The number of aryl methyl sites for hydroxylation is 1. The molecule has 0 N–H and O–H groups in total. The van der Waals surface area contributed by atoms with Crippen molar-refractivity contribution in [2.24, 2.45) is 0 Å². The molecule has 0 spiro atoms. The molecule has 1 nitrogen and oxygen atoms in total. The molecule has 0 saturated carbocycles. The third kappa shape index (κ3) is 6.47. The molecule has 0 aromatic heterocycles.